The lowest BCUT2D eigenvalue weighted by Gasteiger charge is -2.17. The van der Waals surface area contributed by atoms with E-state index in [1.54, 1.807) is 6.07 Å². The van der Waals surface area contributed by atoms with Gasteiger partial charge in [-0.3, -0.25) is 9.59 Å². The number of hydrogen-bond donors (Lipinski definition) is 3. The van der Waals surface area contributed by atoms with E-state index in [0.29, 0.717) is 24.8 Å². The van der Waals surface area contributed by atoms with Crippen molar-refractivity contribution >= 4 is 29.2 Å². The zero-order valence-electron chi connectivity index (χ0n) is 16.9. The summed E-state index contributed by atoms with van der Waals surface area (Å²) < 4.78 is 36.3. The molecule has 0 radical (unpaired) electrons. The number of nitrogens with one attached hydrogen (secondary N) is 2. The smallest absolute Gasteiger partial charge is 0.389 e. The number of aliphatic carboxylic acids is 1. The average Bonchev–Trinajstić information content (AvgIpc) is 3.44. The van der Waals surface area contributed by atoms with E-state index in [1.165, 1.54) is 38.1 Å². The van der Waals surface area contributed by atoms with Gasteiger partial charge in [0.15, 0.2) is 0 Å². The van der Waals surface area contributed by atoms with E-state index in [4.69, 9.17) is 11.6 Å². The van der Waals surface area contributed by atoms with Crippen LogP contribution in [0.25, 0.3) is 0 Å². The van der Waals surface area contributed by atoms with Crippen molar-refractivity contribution in [2.24, 2.45) is 11.3 Å². The standard InChI is InChI=1S/C15H15ClF3NO3.C6H13N/c16-10-2-1-9(8-14(5-6-14)13(22)23)7-11(10)20-12(21)3-4-15(17,18)19;1-6-2-4-7-5-3-6/h1-2,7H,3-6,8H2,(H,20,21)(H,22,23);6-7H,2-5H2,1H3. The Hall–Kier alpha value is -1.80. The molecule has 0 bridgehead atoms. The Labute approximate surface area is 179 Å². The molecule has 0 aromatic heterocycles. The van der Waals surface area contributed by atoms with Crippen LogP contribution >= 0.6 is 11.6 Å². The molecule has 0 spiro atoms. The van der Waals surface area contributed by atoms with Crippen LogP contribution in [0.3, 0.4) is 0 Å². The van der Waals surface area contributed by atoms with Crippen molar-refractivity contribution in [3.05, 3.63) is 28.8 Å². The molecule has 168 valence electrons. The molecule has 1 aliphatic carbocycles. The Bertz CT molecular complexity index is 746. The first-order chi connectivity index (χ1) is 14.0. The van der Waals surface area contributed by atoms with Gasteiger partial charge in [-0.05, 0) is 68.8 Å². The lowest BCUT2D eigenvalue weighted by molar-refractivity contribution is -0.143. The molecule has 3 N–H and O–H groups in total. The van der Waals surface area contributed by atoms with Crippen LogP contribution in [0.5, 0.6) is 0 Å². The van der Waals surface area contributed by atoms with Gasteiger partial charge in [0.2, 0.25) is 5.91 Å². The van der Waals surface area contributed by atoms with Crippen molar-refractivity contribution in [1.29, 1.82) is 0 Å². The highest BCUT2D eigenvalue weighted by molar-refractivity contribution is 6.33. The summed E-state index contributed by atoms with van der Waals surface area (Å²) >= 11 is 5.93. The molecule has 1 amide bonds. The van der Waals surface area contributed by atoms with Crippen LogP contribution in [0.1, 0.15) is 51.0 Å². The number of piperidine rings is 1. The fourth-order valence-electron chi connectivity index (χ4n) is 3.22. The van der Waals surface area contributed by atoms with Crippen LogP contribution in [0, 0.1) is 11.3 Å². The minimum absolute atomic E-state index is 0.189. The lowest BCUT2D eigenvalue weighted by Crippen LogP contribution is -2.26. The summed E-state index contributed by atoms with van der Waals surface area (Å²) in [5.41, 5.74) is 0.0868. The van der Waals surface area contributed by atoms with Gasteiger partial charge in [0.05, 0.1) is 22.5 Å². The molecule has 2 fully saturated rings. The molecule has 1 saturated heterocycles. The summed E-state index contributed by atoms with van der Waals surface area (Å²) in [4.78, 5) is 22.8. The van der Waals surface area contributed by atoms with Gasteiger partial charge in [0.1, 0.15) is 0 Å². The van der Waals surface area contributed by atoms with Gasteiger partial charge < -0.3 is 15.7 Å². The van der Waals surface area contributed by atoms with Crippen molar-refractivity contribution in [3.8, 4) is 0 Å². The van der Waals surface area contributed by atoms with Crippen molar-refractivity contribution in [2.45, 2.75) is 58.0 Å². The molecule has 30 heavy (non-hydrogen) atoms. The van der Waals surface area contributed by atoms with Crippen LogP contribution < -0.4 is 10.6 Å². The van der Waals surface area contributed by atoms with E-state index >= 15 is 0 Å². The maximum atomic E-state index is 12.1. The topological polar surface area (TPSA) is 78.4 Å². The minimum atomic E-state index is -4.40. The van der Waals surface area contributed by atoms with E-state index < -0.39 is 36.3 Å². The van der Waals surface area contributed by atoms with Gasteiger partial charge in [-0.2, -0.15) is 13.2 Å². The van der Waals surface area contributed by atoms with Crippen LogP contribution in [0.15, 0.2) is 18.2 Å². The number of benzene rings is 1. The molecule has 9 heteroatoms. The number of rotatable bonds is 6. The Balaban J connectivity index is 0.000000386. The number of carbonyl (C=O) groups excluding carboxylic acids is 1. The molecule has 1 aliphatic heterocycles. The summed E-state index contributed by atoms with van der Waals surface area (Å²) in [6.07, 6.45) is -2.09. The highest BCUT2D eigenvalue weighted by atomic mass is 35.5. The Morgan fingerprint density at radius 3 is 2.37 bits per heavy atom. The summed E-state index contributed by atoms with van der Waals surface area (Å²) in [6, 6.07) is 4.65. The van der Waals surface area contributed by atoms with Crippen LogP contribution in [-0.4, -0.2) is 36.2 Å². The summed E-state index contributed by atoms with van der Waals surface area (Å²) in [6.45, 7) is 4.79. The number of amides is 1. The number of halogens is 4. The minimum Gasteiger partial charge on any atom is -0.481 e. The third kappa shape index (κ3) is 8.14. The highest BCUT2D eigenvalue weighted by Gasteiger charge is 2.50. The molecule has 1 heterocycles. The molecule has 0 unspecified atom stereocenters. The van der Waals surface area contributed by atoms with Crippen LogP contribution in [0.2, 0.25) is 5.02 Å². The van der Waals surface area contributed by atoms with Gasteiger partial charge in [-0.1, -0.05) is 24.6 Å². The molecule has 1 aromatic carbocycles. The largest absolute Gasteiger partial charge is 0.481 e. The normalized spacial score (nSPS) is 18.2. The fraction of sp³-hybridized carbons (Fsp3) is 0.619. The van der Waals surface area contributed by atoms with Crippen molar-refractivity contribution in [2.75, 3.05) is 18.4 Å². The fourth-order valence-corrected chi connectivity index (χ4v) is 3.39. The average molecular weight is 449 g/mol. The zero-order valence-corrected chi connectivity index (χ0v) is 17.7. The molecular weight excluding hydrogens is 421 g/mol. The molecule has 1 aromatic rings. The Kier molecular flexibility index (Phi) is 8.55. The Morgan fingerprint density at radius 1 is 1.27 bits per heavy atom. The van der Waals surface area contributed by atoms with Gasteiger partial charge in [0.25, 0.3) is 0 Å². The number of hydrogen-bond acceptors (Lipinski definition) is 3. The maximum absolute atomic E-state index is 12.1. The molecule has 2 aliphatic rings. The van der Waals surface area contributed by atoms with Crippen molar-refractivity contribution < 1.29 is 27.9 Å². The van der Waals surface area contributed by atoms with E-state index in [-0.39, 0.29) is 10.7 Å². The predicted molar refractivity (Wildman–Crippen MR) is 110 cm³/mol. The third-order valence-corrected chi connectivity index (χ3v) is 5.75. The van der Waals surface area contributed by atoms with Crippen LogP contribution in [-0.2, 0) is 16.0 Å². The second-order valence-corrected chi connectivity index (χ2v) is 8.58. The number of anilines is 1. The summed E-state index contributed by atoms with van der Waals surface area (Å²) in [7, 11) is 0. The van der Waals surface area contributed by atoms with E-state index in [1.807, 2.05) is 0 Å². The van der Waals surface area contributed by atoms with Crippen molar-refractivity contribution in [1.82, 2.24) is 5.32 Å². The highest BCUT2D eigenvalue weighted by Crippen LogP contribution is 2.49. The molecule has 1 saturated carbocycles. The first-order valence-corrected chi connectivity index (χ1v) is 10.5. The molecule has 3 rings (SSSR count). The monoisotopic (exact) mass is 448 g/mol. The number of carboxylic acid groups (broad SMARTS) is 1. The Morgan fingerprint density at radius 2 is 1.90 bits per heavy atom. The van der Waals surface area contributed by atoms with E-state index in [2.05, 4.69) is 17.6 Å². The molecule has 0 atom stereocenters. The predicted octanol–water partition coefficient (Wildman–Crippen LogP) is 5.03. The number of carbonyl (C=O) groups is 2. The maximum Gasteiger partial charge on any atom is 0.389 e. The first kappa shape index (κ1) is 24.5. The van der Waals surface area contributed by atoms with Gasteiger partial charge in [0, 0.05) is 6.42 Å². The van der Waals surface area contributed by atoms with Gasteiger partial charge in [-0.25, -0.2) is 0 Å². The zero-order chi connectivity index (χ0) is 22.4. The number of alkyl halides is 3. The third-order valence-electron chi connectivity index (χ3n) is 5.42. The first-order valence-electron chi connectivity index (χ1n) is 10.1. The van der Waals surface area contributed by atoms with Crippen molar-refractivity contribution in [3.63, 3.8) is 0 Å². The van der Waals surface area contributed by atoms with Crippen LogP contribution in [0.4, 0.5) is 18.9 Å². The van der Waals surface area contributed by atoms with E-state index in [9.17, 15) is 27.9 Å². The molecular formula is C21H28ClF3N2O3. The quantitative estimate of drug-likeness (QED) is 0.570. The lowest BCUT2D eigenvalue weighted by atomic mass is 9.96. The SMILES string of the molecule is CC1CCNCC1.O=C(CCC(F)(F)F)Nc1cc(CC2(C(=O)O)CC2)ccc1Cl. The number of carboxylic acids is 1. The summed E-state index contributed by atoms with van der Waals surface area (Å²) in [5.74, 6) is -0.690. The molecule has 5 nitrogen and oxygen atoms in total. The second-order valence-electron chi connectivity index (χ2n) is 8.17. The van der Waals surface area contributed by atoms with E-state index in [0.717, 1.165) is 5.92 Å². The van der Waals surface area contributed by atoms with Gasteiger partial charge in [-0.15, -0.1) is 0 Å². The van der Waals surface area contributed by atoms with Gasteiger partial charge >= 0.3 is 12.1 Å². The second kappa shape index (κ2) is 10.5. The summed E-state index contributed by atoms with van der Waals surface area (Å²) in [5, 5.41) is 15.0.